The van der Waals surface area contributed by atoms with Crippen LogP contribution in [0.4, 0.5) is 5.69 Å². The number of hydrogen-bond donors (Lipinski definition) is 1. The van der Waals surface area contributed by atoms with Gasteiger partial charge < -0.3 is 14.8 Å². The molecule has 1 unspecified atom stereocenters. The Bertz CT molecular complexity index is 570. The topological polar surface area (TPSA) is 30.5 Å². The summed E-state index contributed by atoms with van der Waals surface area (Å²) in [7, 11) is 3.36. The van der Waals surface area contributed by atoms with Crippen molar-refractivity contribution in [1.82, 2.24) is 0 Å². The summed E-state index contributed by atoms with van der Waals surface area (Å²) < 4.78 is 10.7. The number of para-hydroxylation sites is 1. The largest absolute Gasteiger partial charge is 0.497 e. The van der Waals surface area contributed by atoms with Gasteiger partial charge in [0.25, 0.3) is 0 Å². The second kappa shape index (κ2) is 4.84. The third-order valence-electron chi connectivity index (χ3n) is 3.59. The first-order chi connectivity index (χ1) is 9.31. The molecule has 0 aromatic heterocycles. The van der Waals surface area contributed by atoms with Crippen molar-refractivity contribution in [3.63, 3.8) is 0 Å². The fourth-order valence-electron chi connectivity index (χ4n) is 2.59. The Labute approximate surface area is 113 Å². The van der Waals surface area contributed by atoms with Crippen LogP contribution in [0.3, 0.4) is 0 Å². The Morgan fingerprint density at radius 3 is 2.63 bits per heavy atom. The molecular weight excluding hydrogens is 238 g/mol. The van der Waals surface area contributed by atoms with Crippen LogP contribution in [0.1, 0.15) is 17.2 Å². The van der Waals surface area contributed by atoms with E-state index >= 15 is 0 Å². The van der Waals surface area contributed by atoms with Crippen LogP contribution in [0.25, 0.3) is 0 Å². The summed E-state index contributed by atoms with van der Waals surface area (Å²) in [5, 5.41) is 3.54. The molecule has 3 nitrogen and oxygen atoms in total. The van der Waals surface area contributed by atoms with E-state index in [-0.39, 0.29) is 6.04 Å². The highest BCUT2D eigenvalue weighted by Gasteiger charge is 2.24. The summed E-state index contributed by atoms with van der Waals surface area (Å²) in [4.78, 5) is 0. The zero-order valence-electron chi connectivity index (χ0n) is 11.1. The van der Waals surface area contributed by atoms with Crippen LogP contribution in [0.15, 0.2) is 42.5 Å². The van der Waals surface area contributed by atoms with Gasteiger partial charge in [-0.05, 0) is 30.2 Å². The fraction of sp³-hybridized carbons (Fsp3) is 0.250. The zero-order valence-corrected chi connectivity index (χ0v) is 11.1. The Kier molecular flexibility index (Phi) is 3.03. The Balaban J connectivity index is 1.92. The smallest absolute Gasteiger partial charge is 0.127 e. The SMILES string of the molecule is COc1ccc(C2Cc3ccccc3N2)c(OC)c1. The molecule has 19 heavy (non-hydrogen) atoms. The molecule has 0 bridgehead atoms. The van der Waals surface area contributed by atoms with Gasteiger partial charge in [-0.3, -0.25) is 0 Å². The molecule has 0 aliphatic carbocycles. The Morgan fingerprint density at radius 2 is 1.89 bits per heavy atom. The van der Waals surface area contributed by atoms with Gasteiger partial charge in [-0.2, -0.15) is 0 Å². The lowest BCUT2D eigenvalue weighted by atomic mass is 10.0. The molecule has 1 aliphatic heterocycles. The van der Waals surface area contributed by atoms with E-state index in [1.807, 2.05) is 12.1 Å². The minimum atomic E-state index is 0.262. The molecule has 0 spiro atoms. The first-order valence-electron chi connectivity index (χ1n) is 6.38. The molecule has 0 fully saturated rings. The maximum absolute atomic E-state index is 5.48. The number of rotatable bonds is 3. The quantitative estimate of drug-likeness (QED) is 0.911. The van der Waals surface area contributed by atoms with Gasteiger partial charge in [0.15, 0.2) is 0 Å². The van der Waals surface area contributed by atoms with Crippen LogP contribution in [0.5, 0.6) is 11.5 Å². The average molecular weight is 255 g/mol. The molecule has 0 amide bonds. The number of fused-ring (bicyclic) bond motifs is 1. The highest BCUT2D eigenvalue weighted by atomic mass is 16.5. The van der Waals surface area contributed by atoms with Gasteiger partial charge in [-0.1, -0.05) is 18.2 Å². The van der Waals surface area contributed by atoms with Crippen molar-refractivity contribution in [3.8, 4) is 11.5 Å². The lowest BCUT2D eigenvalue weighted by Crippen LogP contribution is -2.07. The average Bonchev–Trinajstić information content (AvgIpc) is 2.90. The van der Waals surface area contributed by atoms with Gasteiger partial charge in [0, 0.05) is 17.3 Å². The third-order valence-corrected chi connectivity index (χ3v) is 3.59. The first-order valence-corrected chi connectivity index (χ1v) is 6.38. The van der Waals surface area contributed by atoms with Gasteiger partial charge in [0.05, 0.1) is 20.3 Å². The number of methoxy groups -OCH3 is 2. The van der Waals surface area contributed by atoms with Crippen molar-refractivity contribution in [3.05, 3.63) is 53.6 Å². The van der Waals surface area contributed by atoms with Gasteiger partial charge in [0.1, 0.15) is 11.5 Å². The van der Waals surface area contributed by atoms with E-state index in [1.165, 1.54) is 16.8 Å². The Morgan fingerprint density at radius 1 is 1.05 bits per heavy atom. The van der Waals surface area contributed by atoms with Crippen molar-refractivity contribution in [2.45, 2.75) is 12.5 Å². The van der Waals surface area contributed by atoms with Crippen molar-refractivity contribution in [2.75, 3.05) is 19.5 Å². The van der Waals surface area contributed by atoms with E-state index < -0.39 is 0 Å². The molecule has 0 radical (unpaired) electrons. The summed E-state index contributed by atoms with van der Waals surface area (Å²) in [6.07, 6.45) is 0.985. The number of anilines is 1. The third kappa shape index (κ3) is 2.12. The van der Waals surface area contributed by atoms with Crippen LogP contribution in [0.2, 0.25) is 0 Å². The minimum absolute atomic E-state index is 0.262. The summed E-state index contributed by atoms with van der Waals surface area (Å²) >= 11 is 0. The molecule has 1 heterocycles. The number of hydrogen-bond acceptors (Lipinski definition) is 3. The second-order valence-electron chi connectivity index (χ2n) is 4.67. The van der Waals surface area contributed by atoms with E-state index in [9.17, 15) is 0 Å². The standard InChI is InChI=1S/C16H17NO2/c1-18-12-7-8-13(16(10-12)19-2)15-9-11-5-3-4-6-14(11)17-15/h3-8,10,15,17H,9H2,1-2H3. The van der Waals surface area contributed by atoms with Gasteiger partial charge >= 0.3 is 0 Å². The lowest BCUT2D eigenvalue weighted by molar-refractivity contribution is 0.389. The summed E-state index contributed by atoms with van der Waals surface area (Å²) in [6, 6.07) is 14.7. The molecular formula is C16H17NO2. The van der Waals surface area contributed by atoms with E-state index in [4.69, 9.17) is 9.47 Å². The highest BCUT2D eigenvalue weighted by Crippen LogP contribution is 2.38. The molecule has 1 N–H and O–H groups in total. The molecule has 98 valence electrons. The molecule has 3 rings (SSSR count). The molecule has 2 aromatic carbocycles. The van der Waals surface area contributed by atoms with Crippen molar-refractivity contribution in [2.24, 2.45) is 0 Å². The fourth-order valence-corrected chi connectivity index (χ4v) is 2.59. The number of benzene rings is 2. The van der Waals surface area contributed by atoms with Crippen molar-refractivity contribution >= 4 is 5.69 Å². The van der Waals surface area contributed by atoms with Crippen molar-refractivity contribution < 1.29 is 9.47 Å². The normalized spacial score (nSPS) is 16.6. The Hall–Kier alpha value is -2.16. The second-order valence-corrected chi connectivity index (χ2v) is 4.67. The van der Waals surface area contributed by atoms with E-state index in [0.717, 1.165) is 17.9 Å². The minimum Gasteiger partial charge on any atom is -0.497 e. The van der Waals surface area contributed by atoms with Gasteiger partial charge in [-0.15, -0.1) is 0 Å². The van der Waals surface area contributed by atoms with Crippen LogP contribution < -0.4 is 14.8 Å². The molecule has 1 aliphatic rings. The molecule has 2 aromatic rings. The molecule has 0 saturated heterocycles. The van der Waals surface area contributed by atoms with Gasteiger partial charge in [-0.25, -0.2) is 0 Å². The van der Waals surface area contributed by atoms with E-state index in [1.54, 1.807) is 14.2 Å². The van der Waals surface area contributed by atoms with Crippen molar-refractivity contribution in [1.29, 1.82) is 0 Å². The van der Waals surface area contributed by atoms with Crippen LogP contribution >= 0.6 is 0 Å². The molecule has 0 saturated carbocycles. The van der Waals surface area contributed by atoms with E-state index in [2.05, 4.69) is 35.6 Å². The first kappa shape index (κ1) is 11.9. The van der Waals surface area contributed by atoms with Crippen LogP contribution in [-0.2, 0) is 6.42 Å². The van der Waals surface area contributed by atoms with Crippen LogP contribution in [-0.4, -0.2) is 14.2 Å². The maximum atomic E-state index is 5.48. The summed E-state index contributed by atoms with van der Waals surface area (Å²) in [6.45, 7) is 0. The summed E-state index contributed by atoms with van der Waals surface area (Å²) in [5.74, 6) is 1.68. The lowest BCUT2D eigenvalue weighted by Gasteiger charge is -2.16. The van der Waals surface area contributed by atoms with Crippen LogP contribution in [0, 0.1) is 0 Å². The number of ether oxygens (including phenoxy) is 2. The molecule has 3 heteroatoms. The highest BCUT2D eigenvalue weighted by molar-refractivity contribution is 5.59. The predicted octanol–water partition coefficient (Wildman–Crippen LogP) is 3.41. The molecule has 1 atom stereocenters. The maximum Gasteiger partial charge on any atom is 0.127 e. The monoisotopic (exact) mass is 255 g/mol. The predicted molar refractivity (Wildman–Crippen MR) is 76.1 cm³/mol. The number of nitrogens with one attached hydrogen (secondary N) is 1. The van der Waals surface area contributed by atoms with E-state index in [0.29, 0.717) is 0 Å². The summed E-state index contributed by atoms with van der Waals surface area (Å²) in [5.41, 5.74) is 3.73. The zero-order chi connectivity index (χ0) is 13.2. The van der Waals surface area contributed by atoms with Gasteiger partial charge in [0.2, 0.25) is 0 Å².